The highest BCUT2D eigenvalue weighted by Crippen LogP contribution is 2.54. The van der Waals surface area contributed by atoms with E-state index in [4.69, 9.17) is 4.74 Å². The lowest BCUT2D eigenvalue weighted by molar-refractivity contribution is -0.146. The number of rotatable bonds is 8. The van der Waals surface area contributed by atoms with Crippen LogP contribution in [0, 0.1) is 5.92 Å². The van der Waals surface area contributed by atoms with E-state index in [9.17, 15) is 9.59 Å². The number of carbonyl (C=O) groups excluding carboxylic acids is 2. The first-order valence-corrected chi connectivity index (χ1v) is 11.6. The molecular weight excluding hydrogens is 416 g/mol. The highest BCUT2D eigenvalue weighted by molar-refractivity contribution is 8.08. The molecule has 1 aromatic rings. The van der Waals surface area contributed by atoms with Crippen LogP contribution in [0.2, 0.25) is 0 Å². The second-order valence-electron chi connectivity index (χ2n) is 6.88. The Morgan fingerprint density at radius 2 is 2.10 bits per heavy atom. The molecule has 1 N–H and O–H groups in total. The smallest absolute Gasteiger partial charge is 0.316 e. The highest BCUT2D eigenvalue weighted by Gasteiger charge is 2.44. The number of hydrogen-bond donors (Lipinski definition) is 1. The van der Waals surface area contributed by atoms with Crippen molar-refractivity contribution in [2.24, 2.45) is 10.9 Å². The van der Waals surface area contributed by atoms with Gasteiger partial charge in [0, 0.05) is 27.8 Å². The fraction of sp³-hybridized carbons (Fsp3) is 0.348. The van der Waals surface area contributed by atoms with Crippen LogP contribution in [0.4, 0.5) is 0 Å². The first kappa shape index (κ1) is 22.4. The Bertz CT molecular complexity index is 906. The Morgan fingerprint density at radius 1 is 1.33 bits per heavy atom. The van der Waals surface area contributed by atoms with Crippen molar-refractivity contribution in [2.45, 2.75) is 37.0 Å². The normalized spacial score (nSPS) is 21.0. The largest absolute Gasteiger partial charge is 0.465 e. The summed E-state index contributed by atoms with van der Waals surface area (Å²) in [7, 11) is 0. The van der Waals surface area contributed by atoms with Crippen molar-refractivity contribution in [2.75, 3.05) is 13.2 Å². The van der Waals surface area contributed by atoms with Crippen molar-refractivity contribution in [3.63, 3.8) is 0 Å². The van der Waals surface area contributed by atoms with E-state index in [1.807, 2.05) is 24.4 Å². The first-order chi connectivity index (χ1) is 14.5. The lowest BCUT2D eigenvalue weighted by Gasteiger charge is -2.22. The molecule has 1 aliphatic heterocycles. The zero-order valence-electron chi connectivity index (χ0n) is 17.2. The number of thioether (sulfide) groups is 2. The molecule has 2 aliphatic rings. The van der Waals surface area contributed by atoms with Crippen LogP contribution in [0.15, 0.2) is 73.8 Å². The van der Waals surface area contributed by atoms with E-state index in [1.165, 1.54) is 6.92 Å². The predicted octanol–water partition coefficient (Wildman–Crippen LogP) is 4.73. The number of aliphatic imine (C=N–C) groups is 1. The summed E-state index contributed by atoms with van der Waals surface area (Å²) in [4.78, 5) is 32.3. The summed E-state index contributed by atoms with van der Waals surface area (Å²) >= 11 is 3.22. The molecule has 158 valence electrons. The molecule has 0 saturated heterocycles. The van der Waals surface area contributed by atoms with E-state index in [1.54, 1.807) is 36.5 Å². The molecule has 0 saturated carbocycles. The van der Waals surface area contributed by atoms with Crippen molar-refractivity contribution in [1.82, 2.24) is 5.32 Å². The van der Waals surface area contributed by atoms with Gasteiger partial charge in [0.1, 0.15) is 5.92 Å². The van der Waals surface area contributed by atoms with Crippen molar-refractivity contribution in [3.8, 4) is 0 Å². The van der Waals surface area contributed by atoms with Crippen molar-refractivity contribution in [3.05, 3.63) is 63.9 Å². The molecule has 0 spiro atoms. The van der Waals surface area contributed by atoms with Crippen molar-refractivity contribution in [1.29, 1.82) is 0 Å². The molecule has 1 aromatic carbocycles. The van der Waals surface area contributed by atoms with Gasteiger partial charge in [-0.3, -0.25) is 14.6 Å². The average molecular weight is 443 g/mol. The summed E-state index contributed by atoms with van der Waals surface area (Å²) in [6.45, 7) is 7.88. The molecule has 30 heavy (non-hydrogen) atoms. The summed E-state index contributed by atoms with van der Waals surface area (Å²) in [5.74, 6) is -0.899. The zero-order chi connectivity index (χ0) is 21.5. The van der Waals surface area contributed by atoms with Gasteiger partial charge in [-0.25, -0.2) is 0 Å². The standard InChI is InChI=1S/C23H26N2O3S2/c1-4-13-24-14-16-11-12-18-19(23(27)28-5-2)22(25-15(3)26)30-21(18)20(16)29-17-9-7-6-8-10-17/h4,6-10,14,19,22H,1,5,11-13H2,2-3H3,(H,25,26). The zero-order valence-corrected chi connectivity index (χ0v) is 18.9. The van der Waals surface area contributed by atoms with Gasteiger partial charge in [-0.15, -0.1) is 6.58 Å². The number of carbonyl (C=O) groups is 2. The van der Waals surface area contributed by atoms with Gasteiger partial charge in [-0.1, -0.05) is 47.8 Å². The van der Waals surface area contributed by atoms with Crippen LogP contribution < -0.4 is 5.32 Å². The first-order valence-electron chi connectivity index (χ1n) is 9.95. The molecule has 1 amide bonds. The van der Waals surface area contributed by atoms with E-state index in [2.05, 4.69) is 29.0 Å². The molecule has 1 aliphatic carbocycles. The molecule has 1 heterocycles. The van der Waals surface area contributed by atoms with Gasteiger partial charge in [0.25, 0.3) is 0 Å². The van der Waals surface area contributed by atoms with E-state index in [0.717, 1.165) is 38.7 Å². The number of nitrogens with zero attached hydrogens (tertiary/aromatic N) is 1. The van der Waals surface area contributed by atoms with Crippen molar-refractivity contribution < 1.29 is 14.3 Å². The van der Waals surface area contributed by atoms with Gasteiger partial charge in [0.2, 0.25) is 5.91 Å². The summed E-state index contributed by atoms with van der Waals surface area (Å²) in [5, 5.41) is 2.58. The van der Waals surface area contributed by atoms with Gasteiger partial charge in [-0.2, -0.15) is 0 Å². The lowest BCUT2D eigenvalue weighted by Crippen LogP contribution is -2.39. The number of ether oxygens (including phenoxy) is 1. The van der Waals surface area contributed by atoms with Crippen LogP contribution in [-0.2, 0) is 14.3 Å². The second kappa shape index (κ2) is 10.7. The second-order valence-corrected chi connectivity index (χ2v) is 9.11. The molecule has 0 radical (unpaired) electrons. The third kappa shape index (κ3) is 5.26. The fourth-order valence-electron chi connectivity index (χ4n) is 3.48. The minimum atomic E-state index is -0.466. The highest BCUT2D eigenvalue weighted by atomic mass is 32.2. The Hall–Kier alpha value is -2.25. The van der Waals surface area contributed by atoms with Crippen molar-refractivity contribution >= 4 is 41.6 Å². The quantitative estimate of drug-likeness (QED) is 0.358. The summed E-state index contributed by atoms with van der Waals surface area (Å²) < 4.78 is 5.35. The summed E-state index contributed by atoms with van der Waals surface area (Å²) in [6.07, 6.45) is 5.22. The third-order valence-electron chi connectivity index (χ3n) is 4.71. The van der Waals surface area contributed by atoms with Gasteiger partial charge in [0.15, 0.2) is 0 Å². The van der Waals surface area contributed by atoms with E-state index >= 15 is 0 Å². The van der Waals surface area contributed by atoms with Crippen LogP contribution >= 0.6 is 23.5 Å². The minimum absolute atomic E-state index is 0.157. The number of esters is 1. The van der Waals surface area contributed by atoms with Crippen LogP contribution in [-0.4, -0.2) is 36.6 Å². The van der Waals surface area contributed by atoms with Crippen LogP contribution in [0.3, 0.4) is 0 Å². The van der Waals surface area contributed by atoms with E-state index in [-0.39, 0.29) is 17.3 Å². The molecule has 2 unspecified atom stereocenters. The molecule has 0 bridgehead atoms. The number of nitrogens with one attached hydrogen (secondary N) is 1. The van der Waals surface area contributed by atoms with E-state index < -0.39 is 5.92 Å². The van der Waals surface area contributed by atoms with Crippen LogP contribution in [0.1, 0.15) is 26.7 Å². The molecule has 7 heteroatoms. The number of benzene rings is 1. The van der Waals surface area contributed by atoms with Gasteiger partial charge in [-0.05, 0) is 43.0 Å². The monoisotopic (exact) mass is 442 g/mol. The third-order valence-corrected chi connectivity index (χ3v) is 7.36. The Labute approximate surface area is 186 Å². The van der Waals surface area contributed by atoms with Gasteiger partial charge >= 0.3 is 5.97 Å². The summed E-state index contributed by atoms with van der Waals surface area (Å²) in [6, 6.07) is 10.1. The fourth-order valence-corrected chi connectivity index (χ4v) is 6.30. The Balaban J connectivity index is 2.02. The molecule has 0 aromatic heterocycles. The molecule has 5 nitrogen and oxygen atoms in total. The number of amides is 1. The van der Waals surface area contributed by atoms with Gasteiger partial charge < -0.3 is 10.1 Å². The predicted molar refractivity (Wildman–Crippen MR) is 124 cm³/mol. The molecule has 2 atom stereocenters. The SMILES string of the molecule is C=CCN=CC1=C(Sc2ccccc2)C2=C(CC1)C(C(=O)OCC)C(NC(C)=O)S2. The van der Waals surface area contributed by atoms with Crippen LogP contribution in [0.25, 0.3) is 0 Å². The maximum atomic E-state index is 12.8. The van der Waals surface area contributed by atoms with Crippen LogP contribution in [0.5, 0.6) is 0 Å². The molecule has 0 fully saturated rings. The topological polar surface area (TPSA) is 67.8 Å². The maximum absolute atomic E-state index is 12.8. The average Bonchev–Trinajstić information content (AvgIpc) is 3.08. The van der Waals surface area contributed by atoms with Gasteiger partial charge in [0.05, 0.1) is 18.5 Å². The van der Waals surface area contributed by atoms with E-state index in [0.29, 0.717) is 13.2 Å². The number of hydrogen-bond acceptors (Lipinski definition) is 6. The lowest BCUT2D eigenvalue weighted by atomic mass is 9.89. The Morgan fingerprint density at radius 3 is 2.77 bits per heavy atom. The Kier molecular flexibility index (Phi) is 7.99. The number of allylic oxidation sites excluding steroid dienone is 1. The summed E-state index contributed by atoms with van der Waals surface area (Å²) in [5.41, 5.74) is 2.19. The molecule has 3 rings (SSSR count). The minimum Gasteiger partial charge on any atom is -0.465 e. The molecular formula is C23H26N2O3S2. The maximum Gasteiger partial charge on any atom is 0.316 e.